The van der Waals surface area contributed by atoms with Gasteiger partial charge in [-0.3, -0.25) is 9.69 Å². The standard InChI is InChI=1S/C36H35Cl2F2N3O7/c1-42(17-23-6-5-9-26(14-23)41-34(35(45)46)24-7-3-2-4-8-24)20-33(44)49-31(16-27-28(37)18-43(47)19-29(27)38)25-12-13-30(50-36(39)40)32(15-25)48-21-22-10-11-22/h2-9,12-15,18-19,22,31,34,36,41H,10-11,16-17,20-21H2,1H3,(H,45,46). The highest BCUT2D eigenvalue weighted by Gasteiger charge is 2.27. The Morgan fingerprint density at radius 3 is 2.38 bits per heavy atom. The van der Waals surface area contributed by atoms with Gasteiger partial charge in [-0.15, -0.1) is 0 Å². The summed E-state index contributed by atoms with van der Waals surface area (Å²) in [5, 5.41) is 24.8. The maximum absolute atomic E-state index is 13.4. The number of benzene rings is 3. The van der Waals surface area contributed by atoms with Crippen molar-refractivity contribution in [3.63, 3.8) is 0 Å². The van der Waals surface area contributed by atoms with Gasteiger partial charge in [-0.25, -0.2) is 4.79 Å². The number of carboxylic acid groups (broad SMARTS) is 1. The van der Waals surface area contributed by atoms with Crippen molar-refractivity contribution in [3.05, 3.63) is 123 Å². The van der Waals surface area contributed by atoms with Crippen LogP contribution < -0.4 is 19.5 Å². The largest absolute Gasteiger partial charge is 0.619 e. The number of anilines is 1. The molecule has 1 aliphatic rings. The molecular weight excluding hydrogens is 695 g/mol. The second kappa shape index (κ2) is 16.8. The summed E-state index contributed by atoms with van der Waals surface area (Å²) in [6.07, 6.45) is 3.16. The number of likely N-dealkylation sites (N-methyl/N-ethyl adjacent to an activating group) is 1. The first-order valence-corrected chi connectivity index (χ1v) is 16.5. The Hall–Kier alpha value is -4.65. The lowest BCUT2D eigenvalue weighted by Crippen LogP contribution is -2.29. The molecule has 2 N–H and O–H groups in total. The van der Waals surface area contributed by atoms with Gasteiger partial charge < -0.3 is 29.8 Å². The van der Waals surface area contributed by atoms with E-state index in [1.807, 2.05) is 12.1 Å². The number of pyridine rings is 1. The molecule has 2 atom stereocenters. The smallest absolute Gasteiger partial charge is 0.387 e. The summed E-state index contributed by atoms with van der Waals surface area (Å²) >= 11 is 12.7. The third kappa shape index (κ3) is 10.4. The zero-order valence-electron chi connectivity index (χ0n) is 26.9. The van der Waals surface area contributed by atoms with Crippen molar-refractivity contribution in [1.82, 2.24) is 4.90 Å². The second-order valence-corrected chi connectivity index (χ2v) is 12.8. The molecule has 3 aromatic carbocycles. The number of carbonyl (C=O) groups excluding carboxylic acids is 1. The number of halogens is 4. The monoisotopic (exact) mass is 729 g/mol. The van der Waals surface area contributed by atoms with Crippen molar-refractivity contribution >= 4 is 40.8 Å². The molecule has 1 saturated carbocycles. The molecule has 264 valence electrons. The molecule has 1 heterocycles. The van der Waals surface area contributed by atoms with Gasteiger partial charge in [0.05, 0.1) is 13.2 Å². The summed E-state index contributed by atoms with van der Waals surface area (Å²) in [4.78, 5) is 27.1. The molecule has 0 aliphatic heterocycles. The van der Waals surface area contributed by atoms with Gasteiger partial charge in [0.15, 0.2) is 29.9 Å². The minimum absolute atomic E-state index is 0.0368. The number of ether oxygens (including phenoxy) is 3. The fraction of sp³-hybridized carbons (Fsp3) is 0.306. The van der Waals surface area contributed by atoms with Gasteiger partial charge in [0, 0.05) is 24.2 Å². The third-order valence-electron chi connectivity index (χ3n) is 7.92. The highest BCUT2D eigenvalue weighted by Crippen LogP contribution is 2.38. The summed E-state index contributed by atoms with van der Waals surface area (Å²) in [6.45, 7) is -2.59. The van der Waals surface area contributed by atoms with E-state index < -0.39 is 30.7 Å². The molecule has 10 nitrogen and oxygen atoms in total. The van der Waals surface area contributed by atoms with E-state index in [1.54, 1.807) is 54.4 Å². The predicted molar refractivity (Wildman–Crippen MR) is 182 cm³/mol. The molecule has 0 radical (unpaired) electrons. The van der Waals surface area contributed by atoms with Crippen molar-refractivity contribution < 1.29 is 42.4 Å². The summed E-state index contributed by atoms with van der Waals surface area (Å²) in [7, 11) is 1.72. The Bertz CT molecular complexity index is 1770. The summed E-state index contributed by atoms with van der Waals surface area (Å²) in [6, 6.07) is 19.3. The number of nitrogens with zero attached hydrogens (tertiary/aromatic N) is 2. The lowest BCUT2D eigenvalue weighted by molar-refractivity contribution is -0.605. The van der Waals surface area contributed by atoms with Crippen LogP contribution in [0.3, 0.4) is 0 Å². The topological polar surface area (TPSA) is 124 Å². The highest BCUT2D eigenvalue weighted by atomic mass is 35.5. The van der Waals surface area contributed by atoms with Crippen molar-refractivity contribution in [3.8, 4) is 11.5 Å². The third-order valence-corrected chi connectivity index (χ3v) is 8.57. The number of rotatable bonds is 17. The van der Waals surface area contributed by atoms with Crippen LogP contribution >= 0.6 is 23.2 Å². The number of nitrogens with one attached hydrogen (secondary N) is 1. The minimum Gasteiger partial charge on any atom is -0.619 e. The van der Waals surface area contributed by atoms with E-state index >= 15 is 0 Å². The van der Waals surface area contributed by atoms with E-state index in [2.05, 4.69) is 10.1 Å². The summed E-state index contributed by atoms with van der Waals surface area (Å²) in [5.41, 5.74) is 2.75. The molecule has 1 fully saturated rings. The first kappa shape index (κ1) is 36.6. The van der Waals surface area contributed by atoms with Gasteiger partial charge in [-0.05, 0) is 66.8 Å². The Morgan fingerprint density at radius 2 is 1.72 bits per heavy atom. The zero-order chi connectivity index (χ0) is 35.8. The average molecular weight is 731 g/mol. The van der Waals surface area contributed by atoms with Crippen molar-refractivity contribution in [2.75, 3.05) is 25.5 Å². The SMILES string of the molecule is CN(CC(=O)OC(Cc1c(Cl)c[n+]([O-])cc1Cl)c1ccc(OC(F)F)c(OCC2CC2)c1)Cc1cccc(NC(C(=O)O)c2ccccc2)c1. The lowest BCUT2D eigenvalue weighted by atomic mass is 10.0. The molecule has 1 aromatic heterocycles. The van der Waals surface area contributed by atoms with E-state index in [4.69, 9.17) is 32.7 Å². The Kier molecular flexibility index (Phi) is 12.3. The molecule has 50 heavy (non-hydrogen) atoms. The van der Waals surface area contributed by atoms with Crippen LogP contribution in [0.2, 0.25) is 10.0 Å². The van der Waals surface area contributed by atoms with Gasteiger partial charge >= 0.3 is 18.6 Å². The number of esters is 1. The van der Waals surface area contributed by atoms with Gasteiger partial charge in [0.1, 0.15) is 16.1 Å². The predicted octanol–water partition coefficient (Wildman–Crippen LogP) is 7.21. The summed E-state index contributed by atoms with van der Waals surface area (Å²) in [5.74, 6) is -1.41. The van der Waals surface area contributed by atoms with Gasteiger partial charge in [0.25, 0.3) is 0 Å². The molecule has 0 bridgehead atoms. The van der Waals surface area contributed by atoms with Crippen LogP contribution in [0, 0.1) is 11.1 Å². The molecule has 0 spiro atoms. The molecule has 0 amide bonds. The van der Waals surface area contributed by atoms with Crippen molar-refractivity contribution in [2.24, 2.45) is 5.92 Å². The number of hydrogen-bond acceptors (Lipinski definition) is 8. The van der Waals surface area contributed by atoms with Crippen LogP contribution in [0.15, 0.2) is 85.2 Å². The average Bonchev–Trinajstić information content (AvgIpc) is 3.89. The zero-order valence-corrected chi connectivity index (χ0v) is 28.4. The molecule has 4 aromatic rings. The number of aromatic nitrogens is 1. The number of carboxylic acids is 1. The van der Waals surface area contributed by atoms with Gasteiger partial charge in [-0.1, -0.05) is 71.7 Å². The maximum atomic E-state index is 13.4. The maximum Gasteiger partial charge on any atom is 0.387 e. The Labute approximate surface area is 297 Å². The van der Waals surface area contributed by atoms with E-state index in [-0.39, 0.29) is 34.5 Å². The fourth-order valence-electron chi connectivity index (χ4n) is 5.30. The number of alkyl halides is 2. The first-order valence-electron chi connectivity index (χ1n) is 15.7. The number of carbonyl (C=O) groups is 2. The van der Waals surface area contributed by atoms with E-state index in [0.717, 1.165) is 30.8 Å². The molecule has 0 saturated heterocycles. The molecule has 1 aliphatic carbocycles. The van der Waals surface area contributed by atoms with Crippen LogP contribution in [0.4, 0.5) is 14.5 Å². The van der Waals surface area contributed by atoms with Gasteiger partial charge in [0.2, 0.25) is 0 Å². The quantitative estimate of drug-likeness (QED) is 0.0659. The van der Waals surface area contributed by atoms with Crippen LogP contribution in [0.5, 0.6) is 11.5 Å². The van der Waals surface area contributed by atoms with Crippen LogP contribution in [-0.4, -0.2) is 48.8 Å². The fourth-order valence-corrected chi connectivity index (χ4v) is 5.90. The minimum atomic E-state index is -3.08. The molecule has 5 rings (SSSR count). The van der Waals surface area contributed by atoms with Crippen LogP contribution in [0.25, 0.3) is 0 Å². The Morgan fingerprint density at radius 1 is 1.00 bits per heavy atom. The van der Waals surface area contributed by atoms with Gasteiger partial charge in [-0.2, -0.15) is 13.5 Å². The molecule has 14 heteroatoms. The second-order valence-electron chi connectivity index (χ2n) is 12.0. The first-order chi connectivity index (χ1) is 23.9. The summed E-state index contributed by atoms with van der Waals surface area (Å²) < 4.78 is 43.3. The van der Waals surface area contributed by atoms with Crippen molar-refractivity contribution in [1.29, 1.82) is 0 Å². The van der Waals surface area contributed by atoms with E-state index in [9.17, 15) is 28.7 Å². The van der Waals surface area contributed by atoms with Crippen molar-refractivity contribution in [2.45, 2.75) is 44.6 Å². The lowest BCUT2D eigenvalue weighted by Gasteiger charge is -2.23. The molecular formula is C36H35Cl2F2N3O7. The molecule has 2 unspecified atom stereocenters. The van der Waals surface area contributed by atoms with Crippen LogP contribution in [0.1, 0.15) is 47.2 Å². The van der Waals surface area contributed by atoms with E-state index in [0.29, 0.717) is 46.2 Å². The normalized spacial score (nSPS) is 13.9. The van der Waals surface area contributed by atoms with Crippen LogP contribution in [-0.2, 0) is 27.3 Å². The number of aliphatic carboxylic acids is 1. The Balaban J connectivity index is 1.31. The number of hydrogen-bond donors (Lipinski definition) is 2. The van der Waals surface area contributed by atoms with E-state index in [1.165, 1.54) is 18.2 Å². The highest BCUT2D eigenvalue weighted by molar-refractivity contribution is 6.35.